The van der Waals surface area contributed by atoms with Crippen LogP contribution in [0, 0.1) is 5.82 Å². The second-order valence-corrected chi connectivity index (χ2v) is 10.8. The van der Waals surface area contributed by atoms with Gasteiger partial charge in [0.15, 0.2) is 6.61 Å². The molecule has 4 heterocycles. The van der Waals surface area contributed by atoms with Crippen LogP contribution in [0.5, 0.6) is 17.2 Å². The van der Waals surface area contributed by atoms with E-state index in [-0.39, 0.29) is 42.8 Å². The number of benzene rings is 3. The van der Waals surface area contributed by atoms with Gasteiger partial charge < -0.3 is 29.7 Å². The molecular weight excluding hydrogens is 579 g/mol. The molecule has 2 atom stereocenters. The number of carbonyl (C=O) groups excluding carboxylic acids is 3. The van der Waals surface area contributed by atoms with Gasteiger partial charge in [0.1, 0.15) is 34.9 Å². The van der Waals surface area contributed by atoms with Crippen LogP contribution in [0.3, 0.4) is 0 Å². The number of carbonyl (C=O) groups is 3. The van der Waals surface area contributed by atoms with Crippen molar-refractivity contribution in [2.45, 2.75) is 25.1 Å². The summed E-state index contributed by atoms with van der Waals surface area (Å²) in [5.74, 6) is -0.540. The van der Waals surface area contributed by atoms with E-state index in [1.54, 1.807) is 77.8 Å². The first-order valence-electron chi connectivity index (χ1n) is 14.5. The molecule has 1 fully saturated rings. The summed E-state index contributed by atoms with van der Waals surface area (Å²) < 4.78 is 32.8. The van der Waals surface area contributed by atoms with Crippen LogP contribution in [-0.2, 0) is 11.3 Å². The van der Waals surface area contributed by atoms with Crippen LogP contribution in [0.15, 0.2) is 85.1 Å². The van der Waals surface area contributed by atoms with E-state index in [0.717, 1.165) is 5.56 Å². The van der Waals surface area contributed by atoms with Gasteiger partial charge in [0, 0.05) is 43.9 Å². The summed E-state index contributed by atoms with van der Waals surface area (Å²) in [4.78, 5) is 45.3. The zero-order chi connectivity index (χ0) is 31.3. The standard InChI is InChI=1S/C34H31FN4O6/c1-43-31-17-25-10-8-23(31)18-37-32(40)20-44-24-6-4-5-21(15-24)22-9-11-27(35)26(16-22)33(41)38-29-19-39(14-12-30(29)45-25)34(42)28-7-2-3-13-36-28/h2-11,13,15-17,29-30H,12,14,18-20H2,1H3,(H,37,40)(H,38,41)/t29-,30+/m1/s1. The minimum atomic E-state index is -0.697. The fourth-order valence-electron chi connectivity index (χ4n) is 5.45. The van der Waals surface area contributed by atoms with Gasteiger partial charge in [-0.3, -0.25) is 19.4 Å². The van der Waals surface area contributed by atoms with E-state index in [0.29, 0.717) is 41.3 Å². The van der Waals surface area contributed by atoms with Crippen molar-refractivity contribution in [1.82, 2.24) is 20.5 Å². The van der Waals surface area contributed by atoms with Crippen LogP contribution in [0.1, 0.15) is 32.8 Å². The van der Waals surface area contributed by atoms with Crippen molar-refractivity contribution in [1.29, 1.82) is 0 Å². The van der Waals surface area contributed by atoms with E-state index >= 15 is 4.39 Å². The Kier molecular flexibility index (Phi) is 8.58. The van der Waals surface area contributed by atoms with Crippen LogP contribution < -0.4 is 24.8 Å². The molecule has 3 amide bonds. The highest BCUT2D eigenvalue weighted by molar-refractivity contribution is 5.96. The van der Waals surface area contributed by atoms with Crippen LogP contribution >= 0.6 is 0 Å². The number of rotatable bonds is 2. The van der Waals surface area contributed by atoms with Crippen molar-refractivity contribution in [3.05, 3.63) is 108 Å². The Hall–Kier alpha value is -5.45. The summed E-state index contributed by atoms with van der Waals surface area (Å²) in [6.45, 7) is 0.466. The number of ether oxygens (including phenoxy) is 3. The average Bonchev–Trinajstić information content (AvgIpc) is 3.07. The third-order valence-electron chi connectivity index (χ3n) is 7.81. The van der Waals surface area contributed by atoms with Gasteiger partial charge >= 0.3 is 0 Å². The monoisotopic (exact) mass is 610 g/mol. The Labute approximate surface area is 259 Å². The number of amides is 3. The lowest BCUT2D eigenvalue weighted by Gasteiger charge is -2.38. The molecule has 10 nitrogen and oxygen atoms in total. The maximum atomic E-state index is 15.1. The number of nitrogens with one attached hydrogen (secondary N) is 2. The van der Waals surface area contributed by atoms with E-state index < -0.39 is 23.9 Å². The highest BCUT2D eigenvalue weighted by Crippen LogP contribution is 2.29. The number of fused-ring (bicyclic) bond motifs is 7. The zero-order valence-electron chi connectivity index (χ0n) is 24.5. The van der Waals surface area contributed by atoms with E-state index in [1.165, 1.54) is 19.2 Å². The summed E-state index contributed by atoms with van der Waals surface area (Å²) in [7, 11) is 1.52. The highest BCUT2D eigenvalue weighted by Gasteiger charge is 2.35. The van der Waals surface area contributed by atoms with Crippen molar-refractivity contribution in [2.24, 2.45) is 0 Å². The molecule has 45 heavy (non-hydrogen) atoms. The van der Waals surface area contributed by atoms with Gasteiger partial charge in [-0.1, -0.05) is 24.3 Å². The van der Waals surface area contributed by atoms with Gasteiger partial charge in [0.25, 0.3) is 17.7 Å². The predicted molar refractivity (Wildman–Crippen MR) is 163 cm³/mol. The molecule has 0 radical (unpaired) electrons. The number of nitrogens with zero attached hydrogens (tertiary/aromatic N) is 2. The maximum Gasteiger partial charge on any atom is 0.272 e. The molecule has 0 unspecified atom stereocenters. The smallest absolute Gasteiger partial charge is 0.272 e. The Morgan fingerprint density at radius 2 is 1.87 bits per heavy atom. The van der Waals surface area contributed by atoms with Crippen LogP contribution in [0.2, 0.25) is 0 Å². The molecule has 0 spiro atoms. The van der Waals surface area contributed by atoms with E-state index in [2.05, 4.69) is 15.6 Å². The average molecular weight is 611 g/mol. The van der Waals surface area contributed by atoms with Crippen LogP contribution in [0.25, 0.3) is 11.1 Å². The Morgan fingerprint density at radius 1 is 1.00 bits per heavy atom. The lowest BCUT2D eigenvalue weighted by atomic mass is 9.99. The molecule has 230 valence electrons. The summed E-state index contributed by atoms with van der Waals surface area (Å²) in [6, 6.07) is 20.9. The largest absolute Gasteiger partial charge is 0.496 e. The summed E-state index contributed by atoms with van der Waals surface area (Å²) >= 11 is 0. The number of hydrogen-bond donors (Lipinski definition) is 2. The van der Waals surface area contributed by atoms with Gasteiger partial charge in [0.05, 0.1) is 18.7 Å². The number of piperidine rings is 1. The first-order chi connectivity index (χ1) is 21.9. The second-order valence-electron chi connectivity index (χ2n) is 10.8. The van der Waals surface area contributed by atoms with Gasteiger partial charge in [-0.2, -0.15) is 0 Å². The van der Waals surface area contributed by atoms with E-state index in [4.69, 9.17) is 14.2 Å². The number of likely N-dealkylation sites (tertiary alicyclic amines) is 1. The number of hydrogen-bond acceptors (Lipinski definition) is 7. The number of pyridine rings is 1. The molecule has 1 aromatic heterocycles. The van der Waals surface area contributed by atoms with Gasteiger partial charge in [-0.25, -0.2) is 4.39 Å². The first-order valence-corrected chi connectivity index (χ1v) is 14.5. The number of methoxy groups -OCH3 is 1. The molecule has 3 aliphatic heterocycles. The van der Waals surface area contributed by atoms with Crippen molar-refractivity contribution in [3.8, 4) is 28.4 Å². The summed E-state index contributed by atoms with van der Waals surface area (Å²) in [6.07, 6.45) is 1.38. The zero-order valence-corrected chi connectivity index (χ0v) is 24.5. The fourth-order valence-corrected chi connectivity index (χ4v) is 5.45. The van der Waals surface area contributed by atoms with E-state index in [9.17, 15) is 14.4 Å². The third kappa shape index (κ3) is 6.72. The van der Waals surface area contributed by atoms with E-state index in [1.807, 2.05) is 0 Å². The molecular formula is C34H31FN4O6. The second kappa shape index (κ2) is 13.0. The molecule has 7 rings (SSSR count). The molecule has 0 aliphatic carbocycles. The van der Waals surface area contributed by atoms with Crippen molar-refractivity contribution in [2.75, 3.05) is 26.8 Å². The third-order valence-corrected chi connectivity index (χ3v) is 7.81. The minimum Gasteiger partial charge on any atom is -0.496 e. The number of aromatic nitrogens is 1. The fraction of sp³-hybridized carbons (Fsp3) is 0.235. The normalized spacial score (nSPS) is 18.4. The van der Waals surface area contributed by atoms with Crippen molar-refractivity contribution in [3.63, 3.8) is 0 Å². The predicted octanol–water partition coefficient (Wildman–Crippen LogP) is 4.00. The maximum absolute atomic E-state index is 15.1. The lowest BCUT2D eigenvalue weighted by molar-refractivity contribution is -0.123. The topological polar surface area (TPSA) is 119 Å². The summed E-state index contributed by atoms with van der Waals surface area (Å²) in [5, 5.41) is 5.77. The van der Waals surface area contributed by atoms with Crippen molar-refractivity contribution >= 4 is 17.7 Å². The SMILES string of the molecule is COc1cc2ccc1CNC(=O)COc1cccc(c1)-c1ccc(F)c(c1)C(=O)N[C@@H]1CN(C(=O)c3ccccn3)CC[C@@H]1O2. The Balaban J connectivity index is 1.36. The highest BCUT2D eigenvalue weighted by atomic mass is 19.1. The molecule has 3 aliphatic rings. The Morgan fingerprint density at radius 3 is 2.69 bits per heavy atom. The van der Waals surface area contributed by atoms with Crippen molar-refractivity contribution < 1.29 is 33.0 Å². The lowest BCUT2D eigenvalue weighted by Crippen LogP contribution is -2.58. The molecule has 2 N–H and O–H groups in total. The molecule has 3 aromatic carbocycles. The van der Waals surface area contributed by atoms with Gasteiger partial charge in [-0.15, -0.1) is 0 Å². The summed E-state index contributed by atoms with van der Waals surface area (Å²) in [5.41, 5.74) is 2.11. The molecule has 6 bridgehead atoms. The molecule has 0 saturated carbocycles. The van der Waals surface area contributed by atoms with Gasteiger partial charge in [-0.05, 0) is 59.7 Å². The first kappa shape index (κ1) is 29.6. The van der Waals surface area contributed by atoms with Crippen LogP contribution in [-0.4, -0.2) is 66.6 Å². The molecule has 11 heteroatoms. The number of halogens is 1. The molecule has 1 saturated heterocycles. The Bertz CT molecular complexity index is 1730. The molecule has 4 aromatic rings. The minimum absolute atomic E-state index is 0.119. The quantitative estimate of drug-likeness (QED) is 0.352. The van der Waals surface area contributed by atoms with Crippen LogP contribution in [0.4, 0.5) is 4.39 Å². The van der Waals surface area contributed by atoms with Gasteiger partial charge in [0.2, 0.25) is 0 Å².